The average molecular weight is 413 g/mol. The summed E-state index contributed by atoms with van der Waals surface area (Å²) in [6.45, 7) is 1.96. The third kappa shape index (κ3) is 3.43. The average Bonchev–Trinajstić information content (AvgIpc) is 3.09. The highest BCUT2D eigenvalue weighted by Gasteiger charge is 2.13. The molecule has 7 heteroatoms. The summed E-state index contributed by atoms with van der Waals surface area (Å²) in [6, 6.07) is 15.6. The second-order valence-electron chi connectivity index (χ2n) is 5.37. The maximum absolute atomic E-state index is 5.78. The molecule has 25 heavy (non-hydrogen) atoms. The monoisotopic (exact) mass is 412 g/mol. The van der Waals surface area contributed by atoms with Crippen molar-refractivity contribution in [1.82, 2.24) is 20.2 Å². The minimum Gasteiger partial charge on any atom is -0.420 e. The molecule has 4 rings (SSSR count). The van der Waals surface area contributed by atoms with Crippen LogP contribution in [-0.2, 0) is 5.75 Å². The van der Waals surface area contributed by atoms with Crippen LogP contribution in [0.25, 0.3) is 22.5 Å². The van der Waals surface area contributed by atoms with E-state index in [1.54, 1.807) is 11.8 Å². The molecule has 2 heterocycles. The van der Waals surface area contributed by atoms with E-state index in [2.05, 4.69) is 36.1 Å². The lowest BCUT2D eigenvalue weighted by molar-refractivity contribution is 0.528. The van der Waals surface area contributed by atoms with Gasteiger partial charge in [-0.2, -0.15) is 0 Å². The van der Waals surface area contributed by atoms with Gasteiger partial charge in [0.25, 0.3) is 0 Å². The van der Waals surface area contributed by atoms with Gasteiger partial charge in [-0.25, -0.2) is 9.97 Å². The molecule has 124 valence electrons. The number of hydrogen-bond acceptors (Lipinski definition) is 6. The molecule has 0 bridgehead atoms. The van der Waals surface area contributed by atoms with E-state index in [1.165, 1.54) is 0 Å². The van der Waals surface area contributed by atoms with Crippen molar-refractivity contribution < 1.29 is 4.42 Å². The Morgan fingerprint density at radius 2 is 1.68 bits per heavy atom. The summed E-state index contributed by atoms with van der Waals surface area (Å²) in [6.07, 6.45) is 0. The van der Waals surface area contributed by atoms with Crippen LogP contribution in [-0.4, -0.2) is 20.2 Å². The van der Waals surface area contributed by atoms with Crippen molar-refractivity contribution in [3.8, 4) is 11.5 Å². The maximum atomic E-state index is 5.78. The molecule has 0 saturated heterocycles. The number of benzene rings is 2. The fraction of sp³-hybridized carbons (Fsp3) is 0.111. The Balaban J connectivity index is 1.54. The van der Waals surface area contributed by atoms with Crippen molar-refractivity contribution in [1.29, 1.82) is 0 Å². The predicted octanol–water partition coefficient (Wildman–Crippen LogP) is 5.04. The summed E-state index contributed by atoms with van der Waals surface area (Å²) in [7, 11) is 0. The summed E-state index contributed by atoms with van der Waals surface area (Å²) in [5.41, 5.74) is 3.57. The number of fused-ring (bicyclic) bond motifs is 1. The standard InChI is InChI=1S/C18H13BrN4OS/c1-11-18(21-15-9-5-4-8-14(15)20-11)25-10-16-22-23-17(24-16)12-6-2-3-7-13(12)19/h2-9H,10H2,1H3. The van der Waals surface area contributed by atoms with Crippen LogP contribution in [0, 0.1) is 6.92 Å². The zero-order valence-corrected chi connectivity index (χ0v) is 15.7. The summed E-state index contributed by atoms with van der Waals surface area (Å²) >= 11 is 5.05. The summed E-state index contributed by atoms with van der Waals surface area (Å²) in [4.78, 5) is 9.27. The molecule has 0 fully saturated rings. The van der Waals surface area contributed by atoms with Crippen LogP contribution < -0.4 is 0 Å². The summed E-state index contributed by atoms with van der Waals surface area (Å²) in [5.74, 6) is 1.61. The van der Waals surface area contributed by atoms with Gasteiger partial charge in [-0.15, -0.1) is 10.2 Å². The van der Waals surface area contributed by atoms with Crippen molar-refractivity contribution >= 4 is 38.7 Å². The van der Waals surface area contributed by atoms with E-state index in [0.29, 0.717) is 17.5 Å². The summed E-state index contributed by atoms with van der Waals surface area (Å²) < 4.78 is 6.70. The van der Waals surface area contributed by atoms with Crippen LogP contribution in [0.3, 0.4) is 0 Å². The minimum atomic E-state index is 0.504. The Kier molecular flexibility index (Phi) is 4.50. The highest BCUT2D eigenvalue weighted by atomic mass is 79.9. The zero-order valence-electron chi connectivity index (χ0n) is 13.3. The number of rotatable bonds is 4. The molecule has 2 aromatic heterocycles. The molecule has 0 aliphatic rings. The number of nitrogens with zero attached hydrogens (tertiary/aromatic N) is 4. The molecule has 0 spiro atoms. The molecule has 0 aliphatic carbocycles. The first-order chi connectivity index (χ1) is 12.2. The smallest absolute Gasteiger partial charge is 0.248 e. The van der Waals surface area contributed by atoms with Gasteiger partial charge in [0.1, 0.15) is 5.03 Å². The number of aryl methyl sites for hydroxylation is 1. The Bertz CT molecular complexity index is 1050. The van der Waals surface area contributed by atoms with Crippen LogP contribution in [0.15, 0.2) is 62.4 Å². The lowest BCUT2D eigenvalue weighted by atomic mass is 10.2. The highest BCUT2D eigenvalue weighted by Crippen LogP contribution is 2.29. The Morgan fingerprint density at radius 1 is 0.960 bits per heavy atom. The van der Waals surface area contributed by atoms with E-state index in [1.807, 2.05) is 55.5 Å². The van der Waals surface area contributed by atoms with Gasteiger partial charge in [0, 0.05) is 4.47 Å². The first kappa shape index (κ1) is 16.2. The van der Waals surface area contributed by atoms with Gasteiger partial charge < -0.3 is 4.42 Å². The quantitative estimate of drug-likeness (QED) is 0.437. The second kappa shape index (κ2) is 6.93. The molecule has 0 saturated carbocycles. The van der Waals surface area contributed by atoms with E-state index in [9.17, 15) is 0 Å². The molecule has 2 aromatic carbocycles. The van der Waals surface area contributed by atoms with Crippen molar-refractivity contribution in [2.24, 2.45) is 0 Å². The van der Waals surface area contributed by atoms with Crippen molar-refractivity contribution in [3.05, 3.63) is 64.6 Å². The molecule has 0 radical (unpaired) electrons. The van der Waals surface area contributed by atoms with Gasteiger partial charge >= 0.3 is 0 Å². The highest BCUT2D eigenvalue weighted by molar-refractivity contribution is 9.10. The maximum Gasteiger partial charge on any atom is 0.248 e. The fourth-order valence-corrected chi connectivity index (χ4v) is 3.64. The topological polar surface area (TPSA) is 64.7 Å². The van der Waals surface area contributed by atoms with Crippen LogP contribution in [0.2, 0.25) is 0 Å². The normalized spacial score (nSPS) is 11.1. The molecule has 5 nitrogen and oxygen atoms in total. The lowest BCUT2D eigenvalue weighted by Gasteiger charge is -2.04. The Labute approximate surface area is 157 Å². The molecule has 0 N–H and O–H groups in total. The van der Waals surface area contributed by atoms with E-state index in [4.69, 9.17) is 4.42 Å². The number of halogens is 1. The van der Waals surface area contributed by atoms with Crippen molar-refractivity contribution in [2.45, 2.75) is 17.7 Å². The third-order valence-electron chi connectivity index (χ3n) is 3.60. The number of aromatic nitrogens is 4. The van der Waals surface area contributed by atoms with Crippen LogP contribution in [0.5, 0.6) is 0 Å². The minimum absolute atomic E-state index is 0.504. The SMILES string of the molecule is Cc1nc2ccccc2nc1SCc1nnc(-c2ccccc2Br)o1. The fourth-order valence-electron chi connectivity index (χ4n) is 2.39. The molecule has 0 unspecified atom stereocenters. The van der Waals surface area contributed by atoms with Gasteiger partial charge in [-0.1, -0.05) is 36.0 Å². The number of thioether (sulfide) groups is 1. The third-order valence-corrected chi connectivity index (χ3v) is 5.35. The molecule has 4 aromatic rings. The van der Waals surface area contributed by atoms with Gasteiger partial charge in [0.2, 0.25) is 11.8 Å². The van der Waals surface area contributed by atoms with Crippen LogP contribution in [0.1, 0.15) is 11.6 Å². The van der Waals surface area contributed by atoms with E-state index < -0.39 is 0 Å². The number of hydrogen-bond donors (Lipinski definition) is 0. The van der Waals surface area contributed by atoms with Crippen molar-refractivity contribution in [2.75, 3.05) is 0 Å². The van der Waals surface area contributed by atoms with Crippen molar-refractivity contribution in [3.63, 3.8) is 0 Å². The molecule has 0 amide bonds. The molecular formula is C18H13BrN4OS. The molecule has 0 aliphatic heterocycles. The zero-order chi connectivity index (χ0) is 17.2. The first-order valence-electron chi connectivity index (χ1n) is 7.64. The van der Waals surface area contributed by atoms with Gasteiger partial charge in [0.15, 0.2) is 0 Å². The number of para-hydroxylation sites is 2. The van der Waals surface area contributed by atoms with Gasteiger partial charge in [-0.05, 0) is 47.1 Å². The Hall–Kier alpha value is -2.25. The Morgan fingerprint density at radius 3 is 2.48 bits per heavy atom. The van der Waals surface area contributed by atoms with E-state index >= 15 is 0 Å². The summed E-state index contributed by atoms with van der Waals surface area (Å²) in [5, 5.41) is 9.14. The van der Waals surface area contributed by atoms with Gasteiger partial charge in [0.05, 0.1) is 28.0 Å². The molecular weight excluding hydrogens is 400 g/mol. The van der Waals surface area contributed by atoms with Crippen LogP contribution >= 0.6 is 27.7 Å². The van der Waals surface area contributed by atoms with Crippen LogP contribution in [0.4, 0.5) is 0 Å². The predicted molar refractivity (Wildman–Crippen MR) is 101 cm³/mol. The largest absolute Gasteiger partial charge is 0.420 e. The van der Waals surface area contributed by atoms with E-state index in [0.717, 1.165) is 31.8 Å². The van der Waals surface area contributed by atoms with E-state index in [-0.39, 0.29) is 0 Å². The molecule has 0 atom stereocenters. The first-order valence-corrected chi connectivity index (χ1v) is 9.42. The van der Waals surface area contributed by atoms with Gasteiger partial charge in [-0.3, -0.25) is 0 Å². The lowest BCUT2D eigenvalue weighted by Crippen LogP contribution is -1.93. The second-order valence-corrected chi connectivity index (χ2v) is 7.19.